The van der Waals surface area contributed by atoms with Gasteiger partial charge in [0.05, 0.1) is 4.90 Å². The summed E-state index contributed by atoms with van der Waals surface area (Å²) < 4.78 is 23.0. The van der Waals surface area contributed by atoms with E-state index in [0.717, 1.165) is 17.4 Å². The molecule has 0 saturated carbocycles. The molecule has 2 N–H and O–H groups in total. The number of benzene rings is 3. The first-order chi connectivity index (χ1) is 14.2. The Bertz CT molecular complexity index is 1170. The minimum absolute atomic E-state index is 0.163. The fourth-order valence-corrected chi connectivity index (χ4v) is 3.44. The minimum Gasteiger partial charge on any atom is -0.348 e. The topological polar surface area (TPSA) is 92.3 Å². The number of anilines is 1. The quantitative estimate of drug-likeness (QED) is 0.635. The van der Waals surface area contributed by atoms with Crippen LogP contribution in [0.1, 0.15) is 31.8 Å². The summed E-state index contributed by atoms with van der Waals surface area (Å²) in [6, 6.07) is 20.3. The molecule has 0 aliphatic heterocycles. The van der Waals surface area contributed by atoms with Gasteiger partial charge in [0.1, 0.15) is 0 Å². The highest BCUT2D eigenvalue weighted by Crippen LogP contribution is 2.14. The molecule has 0 aliphatic rings. The maximum absolute atomic E-state index is 12.4. The van der Waals surface area contributed by atoms with Gasteiger partial charge in [-0.05, 0) is 61.0 Å². The summed E-state index contributed by atoms with van der Waals surface area (Å²) in [5.74, 6) is -0.522. The molecule has 3 aromatic carbocycles. The van der Waals surface area contributed by atoms with Crippen molar-refractivity contribution >= 4 is 27.3 Å². The van der Waals surface area contributed by atoms with Gasteiger partial charge in [0.15, 0.2) is 9.84 Å². The first-order valence-electron chi connectivity index (χ1n) is 9.28. The van der Waals surface area contributed by atoms with Gasteiger partial charge in [-0.25, -0.2) is 8.42 Å². The van der Waals surface area contributed by atoms with Crippen molar-refractivity contribution in [1.29, 1.82) is 0 Å². The molecule has 0 heterocycles. The summed E-state index contributed by atoms with van der Waals surface area (Å²) in [6.07, 6.45) is 1.12. The van der Waals surface area contributed by atoms with Crippen LogP contribution in [0.5, 0.6) is 0 Å². The summed E-state index contributed by atoms with van der Waals surface area (Å²) in [7, 11) is -3.30. The van der Waals surface area contributed by atoms with E-state index in [4.69, 9.17) is 0 Å². The highest BCUT2D eigenvalue weighted by molar-refractivity contribution is 7.90. The molecule has 0 fully saturated rings. The Kier molecular flexibility index (Phi) is 6.32. The molecule has 2 amide bonds. The maximum atomic E-state index is 12.4. The first kappa shape index (κ1) is 21.3. The maximum Gasteiger partial charge on any atom is 0.255 e. The second-order valence-electron chi connectivity index (χ2n) is 7.00. The summed E-state index contributed by atoms with van der Waals surface area (Å²) >= 11 is 0. The van der Waals surface area contributed by atoms with E-state index in [0.29, 0.717) is 16.8 Å². The van der Waals surface area contributed by atoms with E-state index in [9.17, 15) is 18.0 Å². The summed E-state index contributed by atoms with van der Waals surface area (Å²) in [4.78, 5) is 24.8. The van der Waals surface area contributed by atoms with Crippen molar-refractivity contribution in [3.05, 3.63) is 95.1 Å². The molecule has 0 aliphatic carbocycles. The molecule has 0 atom stereocenters. The molecule has 7 heteroatoms. The van der Waals surface area contributed by atoms with Crippen LogP contribution in [0.2, 0.25) is 0 Å². The van der Waals surface area contributed by atoms with Gasteiger partial charge in [-0.2, -0.15) is 0 Å². The molecular formula is C23H22N2O4S. The molecule has 0 aromatic heterocycles. The van der Waals surface area contributed by atoms with Crippen LogP contribution in [0.4, 0.5) is 5.69 Å². The number of carbonyl (C=O) groups is 2. The first-order valence-corrected chi connectivity index (χ1v) is 11.2. The Labute approximate surface area is 175 Å². The van der Waals surface area contributed by atoms with E-state index in [2.05, 4.69) is 10.6 Å². The van der Waals surface area contributed by atoms with Crippen LogP contribution in [0.3, 0.4) is 0 Å². The van der Waals surface area contributed by atoms with E-state index >= 15 is 0 Å². The van der Waals surface area contributed by atoms with Crippen molar-refractivity contribution in [3.8, 4) is 0 Å². The molecule has 0 unspecified atom stereocenters. The van der Waals surface area contributed by atoms with Crippen LogP contribution in [0.25, 0.3) is 0 Å². The number of sulfone groups is 1. The van der Waals surface area contributed by atoms with Crippen LogP contribution in [-0.4, -0.2) is 26.5 Å². The normalized spacial score (nSPS) is 11.0. The Morgan fingerprint density at radius 3 is 2.07 bits per heavy atom. The highest BCUT2D eigenvalue weighted by atomic mass is 32.2. The molecule has 154 valence electrons. The number of carbonyl (C=O) groups excluding carboxylic acids is 2. The van der Waals surface area contributed by atoms with Crippen molar-refractivity contribution in [2.45, 2.75) is 18.4 Å². The number of hydrogen-bond donors (Lipinski definition) is 2. The van der Waals surface area contributed by atoms with E-state index in [1.54, 1.807) is 30.3 Å². The van der Waals surface area contributed by atoms with E-state index in [1.165, 1.54) is 24.3 Å². The predicted octanol–water partition coefficient (Wildman–Crippen LogP) is 3.58. The van der Waals surface area contributed by atoms with Crippen LogP contribution in [-0.2, 0) is 16.4 Å². The SMILES string of the molecule is Cc1ccc(C(=O)Nc2cccc(CNC(=O)c3ccc(S(C)(=O)=O)cc3)c2)cc1. The average Bonchev–Trinajstić information content (AvgIpc) is 2.72. The molecule has 0 radical (unpaired) electrons. The third-order valence-corrected chi connectivity index (χ3v) is 5.62. The lowest BCUT2D eigenvalue weighted by molar-refractivity contribution is 0.0949. The van der Waals surface area contributed by atoms with Crippen molar-refractivity contribution in [3.63, 3.8) is 0 Å². The standard InChI is InChI=1S/C23H22N2O4S/c1-16-6-8-19(9-7-16)23(27)25-20-5-3-4-17(14-20)15-24-22(26)18-10-12-21(13-11-18)30(2,28)29/h3-14H,15H2,1-2H3,(H,24,26)(H,25,27). The number of rotatable bonds is 6. The second kappa shape index (κ2) is 8.92. The number of hydrogen-bond acceptors (Lipinski definition) is 4. The molecule has 3 rings (SSSR count). The van der Waals surface area contributed by atoms with E-state index in [-0.39, 0.29) is 23.3 Å². The Balaban J connectivity index is 1.61. The number of aryl methyl sites for hydroxylation is 1. The highest BCUT2D eigenvalue weighted by Gasteiger charge is 2.10. The van der Waals surface area contributed by atoms with Gasteiger partial charge in [-0.15, -0.1) is 0 Å². The van der Waals surface area contributed by atoms with Crippen LogP contribution < -0.4 is 10.6 Å². The molecule has 0 saturated heterocycles. The lowest BCUT2D eigenvalue weighted by Crippen LogP contribution is -2.23. The van der Waals surface area contributed by atoms with Gasteiger partial charge in [0.2, 0.25) is 0 Å². The van der Waals surface area contributed by atoms with Crippen LogP contribution in [0.15, 0.2) is 77.7 Å². The molecule has 0 spiro atoms. The van der Waals surface area contributed by atoms with Crippen molar-refractivity contribution in [2.24, 2.45) is 0 Å². The number of nitrogens with one attached hydrogen (secondary N) is 2. The smallest absolute Gasteiger partial charge is 0.255 e. The molecule has 3 aromatic rings. The third kappa shape index (κ3) is 5.55. The fourth-order valence-electron chi connectivity index (χ4n) is 2.81. The largest absolute Gasteiger partial charge is 0.348 e. The van der Waals surface area contributed by atoms with E-state index < -0.39 is 9.84 Å². The van der Waals surface area contributed by atoms with Crippen molar-refractivity contribution in [1.82, 2.24) is 5.32 Å². The molecule has 30 heavy (non-hydrogen) atoms. The summed E-state index contributed by atoms with van der Waals surface area (Å²) in [5, 5.41) is 5.64. The lowest BCUT2D eigenvalue weighted by atomic mass is 10.1. The average molecular weight is 423 g/mol. The lowest BCUT2D eigenvalue weighted by Gasteiger charge is -2.09. The van der Waals surface area contributed by atoms with Gasteiger partial charge in [-0.1, -0.05) is 29.8 Å². The summed E-state index contributed by atoms with van der Waals surface area (Å²) in [6.45, 7) is 2.22. The van der Waals surface area contributed by atoms with E-state index in [1.807, 2.05) is 25.1 Å². The minimum atomic E-state index is -3.30. The van der Waals surface area contributed by atoms with Gasteiger partial charge in [-0.3, -0.25) is 9.59 Å². The zero-order valence-corrected chi connectivity index (χ0v) is 17.5. The predicted molar refractivity (Wildman–Crippen MR) is 116 cm³/mol. The zero-order valence-electron chi connectivity index (χ0n) is 16.7. The van der Waals surface area contributed by atoms with Crippen LogP contribution >= 0.6 is 0 Å². The van der Waals surface area contributed by atoms with Crippen molar-refractivity contribution in [2.75, 3.05) is 11.6 Å². The third-order valence-electron chi connectivity index (χ3n) is 4.50. The molecule has 0 bridgehead atoms. The van der Waals surface area contributed by atoms with Gasteiger partial charge in [0, 0.05) is 29.6 Å². The summed E-state index contributed by atoms with van der Waals surface area (Å²) in [5.41, 5.74) is 3.46. The van der Waals surface area contributed by atoms with Gasteiger partial charge >= 0.3 is 0 Å². The Morgan fingerprint density at radius 1 is 0.833 bits per heavy atom. The van der Waals surface area contributed by atoms with Crippen molar-refractivity contribution < 1.29 is 18.0 Å². The number of amides is 2. The fraction of sp³-hybridized carbons (Fsp3) is 0.130. The Morgan fingerprint density at radius 2 is 1.43 bits per heavy atom. The molecular weight excluding hydrogens is 400 g/mol. The second-order valence-corrected chi connectivity index (χ2v) is 9.02. The monoisotopic (exact) mass is 422 g/mol. The van der Waals surface area contributed by atoms with Crippen LogP contribution in [0, 0.1) is 6.92 Å². The zero-order chi connectivity index (χ0) is 21.7. The van der Waals surface area contributed by atoms with Gasteiger partial charge in [0.25, 0.3) is 11.8 Å². The Hall–Kier alpha value is -3.45. The molecule has 6 nitrogen and oxygen atoms in total. The van der Waals surface area contributed by atoms with Gasteiger partial charge < -0.3 is 10.6 Å².